The molecular weight excluding hydrogens is 408 g/mol. The van der Waals surface area contributed by atoms with E-state index >= 15 is 0 Å². The van der Waals surface area contributed by atoms with Crippen molar-refractivity contribution < 1.29 is 4.79 Å². The molecule has 5 nitrogen and oxygen atoms in total. The van der Waals surface area contributed by atoms with Gasteiger partial charge in [0.15, 0.2) is 0 Å². The molecule has 2 aromatic carbocycles. The Balaban J connectivity index is 1.11. The number of pyridine rings is 1. The van der Waals surface area contributed by atoms with Crippen molar-refractivity contribution in [3.8, 4) is 0 Å². The van der Waals surface area contributed by atoms with Crippen LogP contribution in [0.15, 0.2) is 54.6 Å². The molecule has 1 fully saturated rings. The van der Waals surface area contributed by atoms with E-state index in [1.807, 2.05) is 12.1 Å². The maximum absolute atomic E-state index is 12.6. The number of rotatable bonds is 7. The molecule has 2 N–H and O–H groups in total. The zero-order valence-electron chi connectivity index (χ0n) is 19.4. The van der Waals surface area contributed by atoms with Crippen molar-refractivity contribution in [1.29, 1.82) is 0 Å². The molecule has 2 aliphatic rings. The number of fused-ring (bicyclic) bond motifs is 2. The Morgan fingerprint density at radius 3 is 2.58 bits per heavy atom. The SMILES string of the molecule is O=C(CNc1c2c(nc3ccccc13)CCCC2)NCCC1CCN(c2ccccc2)CC1. The number of piperidine rings is 1. The van der Waals surface area contributed by atoms with Crippen LogP contribution in [0.1, 0.15) is 43.4 Å². The van der Waals surface area contributed by atoms with E-state index in [-0.39, 0.29) is 5.91 Å². The molecule has 0 radical (unpaired) electrons. The highest BCUT2D eigenvalue weighted by Crippen LogP contribution is 2.33. The highest BCUT2D eigenvalue weighted by atomic mass is 16.1. The van der Waals surface area contributed by atoms with Crippen molar-refractivity contribution in [3.63, 3.8) is 0 Å². The van der Waals surface area contributed by atoms with Crippen LogP contribution in [0.4, 0.5) is 11.4 Å². The van der Waals surface area contributed by atoms with Gasteiger partial charge in [0.2, 0.25) is 5.91 Å². The van der Waals surface area contributed by atoms with Crippen molar-refractivity contribution in [1.82, 2.24) is 10.3 Å². The molecular formula is C28H34N4O. The number of carbonyl (C=O) groups is 1. The summed E-state index contributed by atoms with van der Waals surface area (Å²) in [5.74, 6) is 0.761. The fraction of sp³-hybridized carbons (Fsp3) is 0.429. The molecule has 1 aliphatic carbocycles. The fourth-order valence-corrected chi connectivity index (χ4v) is 5.34. The third-order valence-electron chi connectivity index (χ3n) is 7.21. The summed E-state index contributed by atoms with van der Waals surface area (Å²) < 4.78 is 0. The Morgan fingerprint density at radius 1 is 0.970 bits per heavy atom. The van der Waals surface area contributed by atoms with Crippen molar-refractivity contribution >= 4 is 28.2 Å². The summed E-state index contributed by atoms with van der Waals surface area (Å²) in [6.07, 6.45) is 7.90. The number of aromatic nitrogens is 1. The average Bonchev–Trinajstić information content (AvgIpc) is 2.87. The lowest BCUT2D eigenvalue weighted by Crippen LogP contribution is -2.36. The average molecular weight is 443 g/mol. The first kappa shape index (κ1) is 21.7. The van der Waals surface area contributed by atoms with E-state index in [2.05, 4.69) is 58.0 Å². The summed E-state index contributed by atoms with van der Waals surface area (Å²) >= 11 is 0. The van der Waals surface area contributed by atoms with E-state index in [0.29, 0.717) is 12.5 Å². The number of para-hydroxylation sites is 2. The van der Waals surface area contributed by atoms with Gasteiger partial charge in [-0.25, -0.2) is 0 Å². The van der Waals surface area contributed by atoms with Crippen LogP contribution in [0.5, 0.6) is 0 Å². The summed E-state index contributed by atoms with van der Waals surface area (Å²) in [5.41, 5.74) is 5.95. The van der Waals surface area contributed by atoms with Gasteiger partial charge in [-0.2, -0.15) is 0 Å². The first-order valence-corrected chi connectivity index (χ1v) is 12.5. The predicted octanol–water partition coefficient (Wildman–Crippen LogP) is 4.95. The minimum Gasteiger partial charge on any atom is -0.375 e. The van der Waals surface area contributed by atoms with Crippen molar-refractivity contribution in [3.05, 3.63) is 65.9 Å². The molecule has 0 unspecified atom stereocenters. The van der Waals surface area contributed by atoms with E-state index in [0.717, 1.165) is 55.5 Å². The van der Waals surface area contributed by atoms with Gasteiger partial charge in [0.25, 0.3) is 0 Å². The number of hydrogen-bond acceptors (Lipinski definition) is 4. The number of aryl methyl sites for hydroxylation is 1. The zero-order chi connectivity index (χ0) is 22.5. The molecule has 33 heavy (non-hydrogen) atoms. The Bertz CT molecular complexity index is 1090. The molecule has 0 saturated carbocycles. The van der Waals surface area contributed by atoms with Gasteiger partial charge in [-0.15, -0.1) is 0 Å². The van der Waals surface area contributed by atoms with Gasteiger partial charge in [0, 0.05) is 42.1 Å². The number of amides is 1. The Kier molecular flexibility index (Phi) is 6.75. The van der Waals surface area contributed by atoms with Crippen molar-refractivity contribution in [2.45, 2.75) is 44.9 Å². The van der Waals surface area contributed by atoms with Gasteiger partial charge in [0.1, 0.15) is 0 Å². The first-order chi connectivity index (χ1) is 16.3. The number of nitrogens with zero attached hydrogens (tertiary/aromatic N) is 2. The molecule has 2 heterocycles. The minimum atomic E-state index is 0.0715. The molecule has 0 bridgehead atoms. The summed E-state index contributed by atoms with van der Waals surface area (Å²) in [6, 6.07) is 18.9. The monoisotopic (exact) mass is 442 g/mol. The lowest BCUT2D eigenvalue weighted by molar-refractivity contribution is -0.119. The second-order valence-corrected chi connectivity index (χ2v) is 9.39. The van der Waals surface area contributed by atoms with E-state index in [1.54, 1.807) is 0 Å². The van der Waals surface area contributed by atoms with Crippen LogP contribution in [-0.2, 0) is 17.6 Å². The third-order valence-corrected chi connectivity index (χ3v) is 7.21. The predicted molar refractivity (Wildman–Crippen MR) is 136 cm³/mol. The highest BCUT2D eigenvalue weighted by molar-refractivity contribution is 5.95. The van der Waals surface area contributed by atoms with Crippen LogP contribution >= 0.6 is 0 Å². The first-order valence-electron chi connectivity index (χ1n) is 12.5. The summed E-state index contributed by atoms with van der Waals surface area (Å²) in [5, 5.41) is 7.73. The molecule has 5 rings (SSSR count). The van der Waals surface area contributed by atoms with Crippen LogP contribution in [-0.4, -0.2) is 37.1 Å². The lowest BCUT2D eigenvalue weighted by atomic mass is 9.92. The van der Waals surface area contributed by atoms with Gasteiger partial charge in [-0.1, -0.05) is 36.4 Å². The van der Waals surface area contributed by atoms with Crippen LogP contribution in [0.2, 0.25) is 0 Å². The quantitative estimate of drug-likeness (QED) is 0.544. The number of anilines is 2. The fourth-order valence-electron chi connectivity index (χ4n) is 5.34. The second-order valence-electron chi connectivity index (χ2n) is 9.39. The maximum atomic E-state index is 12.6. The summed E-state index contributed by atoms with van der Waals surface area (Å²) in [6.45, 7) is 3.27. The largest absolute Gasteiger partial charge is 0.375 e. The maximum Gasteiger partial charge on any atom is 0.239 e. The number of nitrogens with one attached hydrogen (secondary N) is 2. The number of benzene rings is 2. The molecule has 172 valence electrons. The Labute approximate surface area is 196 Å². The standard InChI is InChI=1S/C28H34N4O/c33-27(29-17-14-21-15-18-32(19-16-21)22-8-2-1-3-9-22)20-30-28-23-10-4-6-12-25(23)31-26-13-7-5-11-24(26)28/h1-4,6,8-10,12,21H,5,7,11,13-20H2,(H,29,33)(H,30,31). The van der Waals surface area contributed by atoms with E-state index < -0.39 is 0 Å². The molecule has 5 heteroatoms. The molecule has 1 aliphatic heterocycles. The van der Waals surface area contributed by atoms with Gasteiger partial charge >= 0.3 is 0 Å². The van der Waals surface area contributed by atoms with Crippen LogP contribution < -0.4 is 15.5 Å². The van der Waals surface area contributed by atoms with Crippen LogP contribution in [0.3, 0.4) is 0 Å². The Hall–Kier alpha value is -3.08. The molecule has 1 aromatic heterocycles. The Morgan fingerprint density at radius 2 is 1.73 bits per heavy atom. The molecule has 0 atom stereocenters. The topological polar surface area (TPSA) is 57.3 Å². The minimum absolute atomic E-state index is 0.0715. The lowest BCUT2D eigenvalue weighted by Gasteiger charge is -2.33. The van der Waals surface area contributed by atoms with Gasteiger partial charge in [-0.05, 0) is 74.6 Å². The smallest absolute Gasteiger partial charge is 0.239 e. The molecule has 1 amide bonds. The third kappa shape index (κ3) is 5.13. The normalized spacial score (nSPS) is 16.4. The zero-order valence-corrected chi connectivity index (χ0v) is 19.4. The summed E-state index contributed by atoms with van der Waals surface area (Å²) in [7, 11) is 0. The van der Waals surface area contributed by atoms with Gasteiger partial charge in [0.05, 0.1) is 12.1 Å². The highest BCUT2D eigenvalue weighted by Gasteiger charge is 2.20. The van der Waals surface area contributed by atoms with Gasteiger partial charge < -0.3 is 15.5 Å². The number of carbonyl (C=O) groups excluding carboxylic acids is 1. The molecule has 3 aromatic rings. The molecule has 0 spiro atoms. The van der Waals surface area contributed by atoms with Crippen molar-refractivity contribution in [2.75, 3.05) is 36.4 Å². The van der Waals surface area contributed by atoms with E-state index in [9.17, 15) is 4.79 Å². The van der Waals surface area contributed by atoms with Crippen molar-refractivity contribution in [2.24, 2.45) is 5.92 Å². The number of hydrogen-bond donors (Lipinski definition) is 2. The van der Waals surface area contributed by atoms with Crippen LogP contribution in [0, 0.1) is 5.92 Å². The molecule has 1 saturated heterocycles. The van der Waals surface area contributed by atoms with E-state index in [1.165, 1.54) is 42.6 Å². The summed E-state index contributed by atoms with van der Waals surface area (Å²) in [4.78, 5) is 20.0. The second kappa shape index (κ2) is 10.2. The van der Waals surface area contributed by atoms with Crippen LogP contribution in [0.25, 0.3) is 10.9 Å². The van der Waals surface area contributed by atoms with Gasteiger partial charge in [-0.3, -0.25) is 9.78 Å². The van der Waals surface area contributed by atoms with E-state index in [4.69, 9.17) is 4.98 Å².